The minimum atomic E-state index is -0.803. The van der Waals surface area contributed by atoms with Crippen molar-refractivity contribution in [2.24, 2.45) is 0 Å². The maximum atomic E-state index is 10.6. The standard InChI is InChI=1S/C14H16N2O2S/c1-10(14-15-6-7-19-14)16-9-12-4-2-11(3-5-12)8-13(17)18/h2-7,10,16H,8-9H2,1H3,(H,17,18). The highest BCUT2D eigenvalue weighted by Gasteiger charge is 2.07. The van der Waals surface area contributed by atoms with Gasteiger partial charge in [-0.25, -0.2) is 4.98 Å². The smallest absolute Gasteiger partial charge is 0.307 e. The van der Waals surface area contributed by atoms with Crippen molar-refractivity contribution < 1.29 is 9.90 Å². The van der Waals surface area contributed by atoms with E-state index in [0.29, 0.717) is 0 Å². The number of carboxylic acids is 1. The van der Waals surface area contributed by atoms with Gasteiger partial charge < -0.3 is 10.4 Å². The molecule has 0 radical (unpaired) electrons. The van der Waals surface area contributed by atoms with Crippen LogP contribution >= 0.6 is 11.3 Å². The normalized spacial score (nSPS) is 12.3. The van der Waals surface area contributed by atoms with Crippen LogP contribution in [-0.2, 0) is 17.8 Å². The number of thiazole rings is 1. The minimum Gasteiger partial charge on any atom is -0.481 e. The fourth-order valence-electron chi connectivity index (χ4n) is 1.76. The van der Waals surface area contributed by atoms with Crippen LogP contribution in [0.25, 0.3) is 0 Å². The third-order valence-electron chi connectivity index (χ3n) is 2.81. The van der Waals surface area contributed by atoms with E-state index in [2.05, 4.69) is 17.2 Å². The van der Waals surface area contributed by atoms with Crippen LogP contribution < -0.4 is 5.32 Å². The largest absolute Gasteiger partial charge is 0.481 e. The molecule has 0 spiro atoms. The second kappa shape index (κ2) is 6.45. The maximum absolute atomic E-state index is 10.6. The van der Waals surface area contributed by atoms with E-state index in [-0.39, 0.29) is 12.5 Å². The summed E-state index contributed by atoms with van der Waals surface area (Å²) >= 11 is 1.64. The Bertz CT molecular complexity index is 523. The number of rotatable bonds is 6. The van der Waals surface area contributed by atoms with Gasteiger partial charge in [0.25, 0.3) is 0 Å². The summed E-state index contributed by atoms with van der Waals surface area (Å²) in [5.74, 6) is -0.803. The average Bonchev–Trinajstić information content (AvgIpc) is 2.91. The van der Waals surface area contributed by atoms with E-state index < -0.39 is 5.97 Å². The molecule has 1 aromatic heterocycles. The third-order valence-corrected chi connectivity index (χ3v) is 3.77. The lowest BCUT2D eigenvalue weighted by Gasteiger charge is -2.11. The number of carbonyl (C=O) groups is 1. The zero-order chi connectivity index (χ0) is 13.7. The predicted molar refractivity (Wildman–Crippen MR) is 75.2 cm³/mol. The lowest BCUT2D eigenvalue weighted by Crippen LogP contribution is -2.17. The SMILES string of the molecule is CC(NCc1ccc(CC(=O)O)cc1)c1nccs1. The van der Waals surface area contributed by atoms with Crippen molar-refractivity contribution in [3.8, 4) is 0 Å². The quantitative estimate of drug-likeness (QED) is 0.851. The summed E-state index contributed by atoms with van der Waals surface area (Å²) < 4.78 is 0. The molecule has 2 N–H and O–H groups in total. The molecule has 4 nitrogen and oxygen atoms in total. The lowest BCUT2D eigenvalue weighted by molar-refractivity contribution is -0.136. The lowest BCUT2D eigenvalue weighted by atomic mass is 10.1. The minimum absolute atomic E-state index is 0.0726. The van der Waals surface area contributed by atoms with Crippen LogP contribution in [0, 0.1) is 0 Å². The van der Waals surface area contributed by atoms with Gasteiger partial charge in [0.05, 0.1) is 12.5 Å². The number of hydrogen-bond acceptors (Lipinski definition) is 4. The first-order chi connectivity index (χ1) is 9.15. The van der Waals surface area contributed by atoms with Crippen LogP contribution in [0.3, 0.4) is 0 Å². The predicted octanol–water partition coefficient (Wildman–Crippen LogP) is 2.62. The maximum Gasteiger partial charge on any atom is 0.307 e. The number of aliphatic carboxylic acids is 1. The molecule has 100 valence electrons. The molecular weight excluding hydrogens is 260 g/mol. The first kappa shape index (κ1) is 13.7. The highest BCUT2D eigenvalue weighted by Crippen LogP contribution is 2.15. The highest BCUT2D eigenvalue weighted by atomic mass is 32.1. The zero-order valence-electron chi connectivity index (χ0n) is 10.7. The second-order valence-corrected chi connectivity index (χ2v) is 5.29. The molecule has 0 fully saturated rings. The summed E-state index contributed by atoms with van der Waals surface area (Å²) in [5.41, 5.74) is 1.96. The van der Waals surface area contributed by atoms with Crippen molar-refractivity contribution >= 4 is 17.3 Å². The van der Waals surface area contributed by atoms with Gasteiger partial charge >= 0.3 is 5.97 Å². The summed E-state index contributed by atoms with van der Waals surface area (Å²) in [6, 6.07) is 7.86. The Balaban J connectivity index is 1.88. The molecule has 1 aromatic carbocycles. The van der Waals surface area contributed by atoms with Crippen LogP contribution in [-0.4, -0.2) is 16.1 Å². The molecule has 0 amide bonds. The number of aromatic nitrogens is 1. The Kier molecular flexibility index (Phi) is 4.65. The Hall–Kier alpha value is -1.72. The highest BCUT2D eigenvalue weighted by molar-refractivity contribution is 7.09. The van der Waals surface area contributed by atoms with Gasteiger partial charge in [-0.1, -0.05) is 24.3 Å². The van der Waals surface area contributed by atoms with Crippen molar-refractivity contribution in [3.05, 3.63) is 52.0 Å². The van der Waals surface area contributed by atoms with Crippen LogP contribution in [0.5, 0.6) is 0 Å². The van der Waals surface area contributed by atoms with Gasteiger partial charge in [-0.05, 0) is 18.1 Å². The van der Waals surface area contributed by atoms with Crippen LogP contribution in [0.15, 0.2) is 35.8 Å². The molecule has 1 unspecified atom stereocenters. The van der Waals surface area contributed by atoms with Crippen molar-refractivity contribution in [1.29, 1.82) is 0 Å². The molecule has 1 atom stereocenters. The van der Waals surface area contributed by atoms with Crippen LogP contribution in [0.1, 0.15) is 29.1 Å². The molecule has 5 heteroatoms. The molecule has 0 aliphatic carbocycles. The van der Waals surface area contributed by atoms with Gasteiger partial charge in [-0.3, -0.25) is 4.79 Å². The van der Waals surface area contributed by atoms with Gasteiger partial charge in [0, 0.05) is 18.1 Å². The molecule has 0 aliphatic heterocycles. The molecule has 0 aliphatic rings. The topological polar surface area (TPSA) is 62.2 Å². The van der Waals surface area contributed by atoms with Gasteiger partial charge in [0.15, 0.2) is 0 Å². The molecule has 2 aromatic rings. The Morgan fingerprint density at radius 3 is 2.63 bits per heavy atom. The second-order valence-electron chi connectivity index (χ2n) is 4.36. The van der Waals surface area contributed by atoms with Crippen LogP contribution in [0.2, 0.25) is 0 Å². The first-order valence-corrected chi connectivity index (χ1v) is 6.95. The summed E-state index contributed by atoms with van der Waals surface area (Å²) in [5, 5.41) is 15.1. The first-order valence-electron chi connectivity index (χ1n) is 6.07. The van der Waals surface area contributed by atoms with E-state index in [1.165, 1.54) is 0 Å². The molecule has 1 heterocycles. The van der Waals surface area contributed by atoms with Gasteiger partial charge in [-0.15, -0.1) is 11.3 Å². The fraction of sp³-hybridized carbons (Fsp3) is 0.286. The Morgan fingerprint density at radius 1 is 1.37 bits per heavy atom. The van der Waals surface area contributed by atoms with Crippen molar-refractivity contribution in [3.63, 3.8) is 0 Å². The van der Waals surface area contributed by atoms with Crippen molar-refractivity contribution in [1.82, 2.24) is 10.3 Å². The summed E-state index contributed by atoms with van der Waals surface area (Å²) in [4.78, 5) is 14.8. The number of carboxylic acid groups (broad SMARTS) is 1. The molecule has 19 heavy (non-hydrogen) atoms. The van der Waals surface area contributed by atoms with E-state index >= 15 is 0 Å². The van der Waals surface area contributed by atoms with Gasteiger partial charge in [-0.2, -0.15) is 0 Å². The van der Waals surface area contributed by atoms with E-state index in [1.807, 2.05) is 29.6 Å². The number of nitrogens with one attached hydrogen (secondary N) is 1. The summed E-state index contributed by atoms with van der Waals surface area (Å²) in [6.07, 6.45) is 1.88. The molecule has 2 rings (SSSR count). The fourth-order valence-corrected chi connectivity index (χ4v) is 2.43. The zero-order valence-corrected chi connectivity index (χ0v) is 11.5. The third kappa shape index (κ3) is 4.15. The van der Waals surface area contributed by atoms with E-state index in [1.54, 1.807) is 17.5 Å². The van der Waals surface area contributed by atoms with E-state index in [4.69, 9.17) is 5.11 Å². The van der Waals surface area contributed by atoms with Crippen molar-refractivity contribution in [2.75, 3.05) is 0 Å². The Labute approximate surface area is 116 Å². The molecular formula is C14H16N2O2S. The molecule has 0 saturated carbocycles. The van der Waals surface area contributed by atoms with Gasteiger partial charge in [0.2, 0.25) is 0 Å². The van der Waals surface area contributed by atoms with E-state index in [9.17, 15) is 4.79 Å². The van der Waals surface area contributed by atoms with Gasteiger partial charge in [0.1, 0.15) is 5.01 Å². The summed E-state index contributed by atoms with van der Waals surface area (Å²) in [6.45, 7) is 2.83. The molecule has 0 saturated heterocycles. The number of hydrogen-bond donors (Lipinski definition) is 2. The monoisotopic (exact) mass is 276 g/mol. The number of nitrogens with zero attached hydrogens (tertiary/aromatic N) is 1. The van der Waals surface area contributed by atoms with E-state index in [0.717, 1.165) is 22.7 Å². The Morgan fingerprint density at radius 2 is 2.05 bits per heavy atom. The average molecular weight is 276 g/mol. The van der Waals surface area contributed by atoms with Crippen molar-refractivity contribution in [2.45, 2.75) is 25.9 Å². The number of benzene rings is 1. The molecule has 0 bridgehead atoms. The summed E-state index contributed by atoms with van der Waals surface area (Å²) in [7, 11) is 0. The van der Waals surface area contributed by atoms with Crippen LogP contribution in [0.4, 0.5) is 0 Å².